The molecular weight excluding hydrogens is 204 g/mol. The smallest absolute Gasteiger partial charge is 0.0898 e. The summed E-state index contributed by atoms with van der Waals surface area (Å²) in [5, 5.41) is 6.58. The van der Waals surface area contributed by atoms with Gasteiger partial charge < -0.3 is 5.32 Å². The van der Waals surface area contributed by atoms with Gasteiger partial charge >= 0.3 is 0 Å². The SMILES string of the molecule is Cc1cccc(NCc2csc(C)n2)c1. The van der Waals surface area contributed by atoms with Crippen LogP contribution in [0.5, 0.6) is 0 Å². The lowest BCUT2D eigenvalue weighted by molar-refractivity contribution is 1.05. The molecule has 0 atom stereocenters. The minimum atomic E-state index is 0.799. The Morgan fingerprint density at radius 3 is 2.87 bits per heavy atom. The number of rotatable bonds is 3. The number of anilines is 1. The van der Waals surface area contributed by atoms with Crippen molar-refractivity contribution in [2.45, 2.75) is 20.4 Å². The van der Waals surface area contributed by atoms with Gasteiger partial charge in [0.1, 0.15) is 0 Å². The van der Waals surface area contributed by atoms with Crippen LogP contribution in [0.25, 0.3) is 0 Å². The Hall–Kier alpha value is -1.35. The van der Waals surface area contributed by atoms with Crippen molar-refractivity contribution in [3.8, 4) is 0 Å². The molecule has 1 aromatic carbocycles. The van der Waals surface area contributed by atoms with Crippen LogP contribution >= 0.6 is 11.3 Å². The highest BCUT2D eigenvalue weighted by molar-refractivity contribution is 7.09. The second-order valence-electron chi connectivity index (χ2n) is 3.58. The first-order chi connectivity index (χ1) is 7.24. The topological polar surface area (TPSA) is 24.9 Å². The van der Waals surface area contributed by atoms with Crippen LogP contribution in [0, 0.1) is 13.8 Å². The molecule has 0 aliphatic carbocycles. The van der Waals surface area contributed by atoms with Crippen molar-refractivity contribution < 1.29 is 0 Å². The monoisotopic (exact) mass is 218 g/mol. The van der Waals surface area contributed by atoms with Gasteiger partial charge in [-0.2, -0.15) is 0 Å². The van der Waals surface area contributed by atoms with Gasteiger partial charge in [-0.05, 0) is 31.5 Å². The molecule has 1 heterocycles. The van der Waals surface area contributed by atoms with E-state index in [1.54, 1.807) is 11.3 Å². The standard InChI is InChI=1S/C12H14N2S/c1-9-4-3-5-11(6-9)13-7-12-8-15-10(2)14-12/h3-6,8,13H,7H2,1-2H3. The quantitative estimate of drug-likeness (QED) is 0.854. The zero-order chi connectivity index (χ0) is 10.7. The van der Waals surface area contributed by atoms with Crippen LogP contribution in [0.15, 0.2) is 29.6 Å². The highest BCUT2D eigenvalue weighted by Crippen LogP contribution is 2.13. The summed E-state index contributed by atoms with van der Waals surface area (Å²) >= 11 is 1.69. The van der Waals surface area contributed by atoms with E-state index in [9.17, 15) is 0 Å². The Morgan fingerprint density at radius 2 is 2.20 bits per heavy atom. The highest BCUT2D eigenvalue weighted by Gasteiger charge is 1.98. The van der Waals surface area contributed by atoms with Gasteiger partial charge in [-0.15, -0.1) is 11.3 Å². The van der Waals surface area contributed by atoms with E-state index in [0.29, 0.717) is 0 Å². The van der Waals surface area contributed by atoms with Crippen LogP contribution < -0.4 is 5.32 Å². The van der Waals surface area contributed by atoms with Crippen LogP contribution in [0.1, 0.15) is 16.3 Å². The van der Waals surface area contributed by atoms with Gasteiger partial charge in [-0.1, -0.05) is 12.1 Å². The normalized spacial score (nSPS) is 10.3. The Kier molecular flexibility index (Phi) is 3.02. The molecule has 3 heteroatoms. The maximum atomic E-state index is 4.40. The van der Waals surface area contributed by atoms with E-state index in [1.165, 1.54) is 5.56 Å². The number of aromatic nitrogens is 1. The summed E-state index contributed by atoms with van der Waals surface area (Å²) in [7, 11) is 0. The average Bonchev–Trinajstić information content (AvgIpc) is 2.62. The molecule has 2 nitrogen and oxygen atoms in total. The summed E-state index contributed by atoms with van der Waals surface area (Å²) in [4.78, 5) is 4.40. The van der Waals surface area contributed by atoms with Crippen molar-refractivity contribution in [3.63, 3.8) is 0 Å². The second kappa shape index (κ2) is 4.45. The fourth-order valence-corrected chi connectivity index (χ4v) is 2.05. The van der Waals surface area contributed by atoms with E-state index >= 15 is 0 Å². The predicted molar refractivity (Wildman–Crippen MR) is 65.4 cm³/mol. The first kappa shape index (κ1) is 10.2. The number of hydrogen-bond acceptors (Lipinski definition) is 3. The first-order valence-corrected chi connectivity index (χ1v) is 5.83. The van der Waals surface area contributed by atoms with Crippen LogP contribution in [-0.2, 0) is 6.54 Å². The molecular formula is C12H14N2S. The van der Waals surface area contributed by atoms with Gasteiger partial charge in [-0.25, -0.2) is 4.98 Å². The summed E-state index contributed by atoms with van der Waals surface area (Å²) in [6.45, 7) is 4.92. The molecule has 0 radical (unpaired) electrons. The Bertz CT molecular complexity index is 448. The summed E-state index contributed by atoms with van der Waals surface area (Å²) in [6.07, 6.45) is 0. The molecule has 0 fully saturated rings. The number of nitrogens with one attached hydrogen (secondary N) is 1. The third-order valence-corrected chi connectivity index (χ3v) is 2.98. The molecule has 2 aromatic rings. The maximum Gasteiger partial charge on any atom is 0.0898 e. The van der Waals surface area contributed by atoms with Crippen LogP contribution in [0.3, 0.4) is 0 Å². The molecule has 0 saturated heterocycles. The molecule has 0 spiro atoms. The van der Waals surface area contributed by atoms with E-state index in [-0.39, 0.29) is 0 Å². The predicted octanol–water partition coefficient (Wildman–Crippen LogP) is 3.37. The van der Waals surface area contributed by atoms with Gasteiger partial charge in [0.15, 0.2) is 0 Å². The van der Waals surface area contributed by atoms with Crippen molar-refractivity contribution in [2.24, 2.45) is 0 Å². The Labute approximate surface area is 94.0 Å². The minimum absolute atomic E-state index is 0.799. The largest absolute Gasteiger partial charge is 0.379 e. The Balaban J connectivity index is 1.99. The van der Waals surface area contributed by atoms with Gasteiger partial charge in [0, 0.05) is 11.1 Å². The molecule has 0 saturated carbocycles. The molecule has 78 valence electrons. The first-order valence-electron chi connectivity index (χ1n) is 4.95. The molecule has 1 N–H and O–H groups in total. The number of hydrogen-bond donors (Lipinski definition) is 1. The lowest BCUT2D eigenvalue weighted by Crippen LogP contribution is -1.99. The molecule has 15 heavy (non-hydrogen) atoms. The van der Waals surface area contributed by atoms with E-state index in [0.717, 1.165) is 22.9 Å². The fourth-order valence-electron chi connectivity index (χ4n) is 1.44. The lowest BCUT2D eigenvalue weighted by atomic mass is 10.2. The fraction of sp³-hybridized carbons (Fsp3) is 0.250. The van der Waals surface area contributed by atoms with Crippen molar-refractivity contribution in [1.82, 2.24) is 4.98 Å². The summed E-state index contributed by atoms with van der Waals surface area (Å²) in [5.74, 6) is 0. The van der Waals surface area contributed by atoms with Gasteiger partial charge in [0.25, 0.3) is 0 Å². The summed E-state index contributed by atoms with van der Waals surface area (Å²) in [6, 6.07) is 8.37. The molecule has 0 amide bonds. The molecule has 1 aromatic heterocycles. The van der Waals surface area contributed by atoms with Crippen LogP contribution in [-0.4, -0.2) is 4.98 Å². The van der Waals surface area contributed by atoms with Crippen molar-refractivity contribution in [1.29, 1.82) is 0 Å². The third kappa shape index (κ3) is 2.80. The zero-order valence-electron chi connectivity index (χ0n) is 8.95. The van der Waals surface area contributed by atoms with Gasteiger partial charge in [-0.3, -0.25) is 0 Å². The molecule has 0 bridgehead atoms. The van der Waals surface area contributed by atoms with Crippen LogP contribution in [0.2, 0.25) is 0 Å². The maximum absolute atomic E-state index is 4.40. The highest BCUT2D eigenvalue weighted by atomic mass is 32.1. The van der Waals surface area contributed by atoms with Crippen LogP contribution in [0.4, 0.5) is 5.69 Å². The number of thiazole rings is 1. The van der Waals surface area contributed by atoms with Gasteiger partial charge in [0.2, 0.25) is 0 Å². The number of benzene rings is 1. The summed E-state index contributed by atoms with van der Waals surface area (Å²) < 4.78 is 0. The van der Waals surface area contributed by atoms with Crippen molar-refractivity contribution >= 4 is 17.0 Å². The zero-order valence-corrected chi connectivity index (χ0v) is 9.77. The van der Waals surface area contributed by atoms with E-state index in [2.05, 4.69) is 46.9 Å². The third-order valence-electron chi connectivity index (χ3n) is 2.16. The number of aryl methyl sites for hydroxylation is 2. The van der Waals surface area contributed by atoms with E-state index in [4.69, 9.17) is 0 Å². The van der Waals surface area contributed by atoms with Crippen molar-refractivity contribution in [3.05, 3.63) is 45.9 Å². The summed E-state index contributed by atoms with van der Waals surface area (Å²) in [5.41, 5.74) is 3.54. The van der Waals surface area contributed by atoms with Crippen molar-refractivity contribution in [2.75, 3.05) is 5.32 Å². The molecule has 2 rings (SSSR count). The molecule has 0 aliphatic rings. The molecule has 0 aliphatic heterocycles. The Morgan fingerprint density at radius 1 is 1.33 bits per heavy atom. The number of nitrogens with zero attached hydrogens (tertiary/aromatic N) is 1. The van der Waals surface area contributed by atoms with Gasteiger partial charge in [0.05, 0.1) is 17.2 Å². The van der Waals surface area contributed by atoms with E-state index in [1.807, 2.05) is 6.92 Å². The van der Waals surface area contributed by atoms with E-state index < -0.39 is 0 Å². The molecule has 0 unspecified atom stereocenters. The minimum Gasteiger partial charge on any atom is -0.379 e. The second-order valence-corrected chi connectivity index (χ2v) is 4.64. The lowest BCUT2D eigenvalue weighted by Gasteiger charge is -2.04. The average molecular weight is 218 g/mol.